The second kappa shape index (κ2) is 9.31. The Balaban J connectivity index is 2.17. The number of nitro groups is 1. The molecule has 1 N–H and O–H groups in total. The van der Waals surface area contributed by atoms with Crippen LogP contribution in [0.2, 0.25) is 5.02 Å². The molecule has 0 aliphatic heterocycles. The van der Waals surface area contributed by atoms with Crippen molar-refractivity contribution in [3.63, 3.8) is 0 Å². The number of nitrogens with zero attached hydrogens (tertiary/aromatic N) is 2. The number of likely N-dealkylation sites (N-methyl/N-ethyl adjacent to an activating group) is 1. The summed E-state index contributed by atoms with van der Waals surface area (Å²) in [4.78, 5) is 25.1. The zero-order chi connectivity index (χ0) is 19.1. The minimum absolute atomic E-state index is 0.0110. The Morgan fingerprint density at radius 3 is 2.42 bits per heavy atom. The predicted molar refractivity (Wildman–Crippen MR) is 103 cm³/mol. The second-order valence-corrected chi connectivity index (χ2v) is 6.19. The van der Waals surface area contributed by atoms with Gasteiger partial charge in [0.1, 0.15) is 5.02 Å². The van der Waals surface area contributed by atoms with Crippen molar-refractivity contribution in [3.8, 4) is 0 Å². The van der Waals surface area contributed by atoms with Gasteiger partial charge in [-0.15, -0.1) is 0 Å². The molecule has 1 atom stereocenters. The van der Waals surface area contributed by atoms with Gasteiger partial charge in [0.2, 0.25) is 0 Å². The maximum atomic E-state index is 12.5. The van der Waals surface area contributed by atoms with Crippen LogP contribution >= 0.6 is 11.6 Å². The van der Waals surface area contributed by atoms with Crippen molar-refractivity contribution in [3.05, 3.63) is 74.8 Å². The van der Waals surface area contributed by atoms with Gasteiger partial charge in [0.05, 0.1) is 11.0 Å². The highest BCUT2D eigenvalue weighted by Gasteiger charge is 2.20. The van der Waals surface area contributed by atoms with Crippen LogP contribution in [0.5, 0.6) is 0 Å². The van der Waals surface area contributed by atoms with Gasteiger partial charge in [0.15, 0.2) is 0 Å². The number of nitrogens with one attached hydrogen (secondary N) is 1. The molecule has 2 aromatic carbocycles. The number of rotatable bonds is 8. The van der Waals surface area contributed by atoms with Crippen molar-refractivity contribution < 1.29 is 9.72 Å². The molecule has 0 aliphatic carbocycles. The first-order valence-corrected chi connectivity index (χ1v) is 8.86. The summed E-state index contributed by atoms with van der Waals surface area (Å²) in [5, 5.41) is 13.9. The number of nitro benzene ring substituents is 1. The van der Waals surface area contributed by atoms with Crippen LogP contribution in [0.4, 0.5) is 5.69 Å². The molecule has 0 aliphatic rings. The van der Waals surface area contributed by atoms with Crippen LogP contribution in [0, 0.1) is 10.1 Å². The molecule has 0 saturated heterocycles. The number of hydrogen-bond donors (Lipinski definition) is 1. The Labute approximate surface area is 157 Å². The van der Waals surface area contributed by atoms with E-state index in [4.69, 9.17) is 11.6 Å². The van der Waals surface area contributed by atoms with E-state index in [1.807, 2.05) is 30.3 Å². The fraction of sp³-hybridized carbons (Fsp3) is 0.316. The number of hydrogen-bond acceptors (Lipinski definition) is 4. The van der Waals surface area contributed by atoms with Crippen LogP contribution in [0.1, 0.15) is 35.8 Å². The molecular weight excluding hydrogens is 354 g/mol. The molecular formula is C19H22ClN3O3. The van der Waals surface area contributed by atoms with E-state index >= 15 is 0 Å². The van der Waals surface area contributed by atoms with Gasteiger partial charge >= 0.3 is 0 Å². The van der Waals surface area contributed by atoms with Gasteiger partial charge in [-0.3, -0.25) is 19.8 Å². The Kier molecular flexibility index (Phi) is 7.12. The third kappa shape index (κ3) is 4.80. The van der Waals surface area contributed by atoms with Crippen LogP contribution in [0.15, 0.2) is 48.5 Å². The summed E-state index contributed by atoms with van der Waals surface area (Å²) >= 11 is 5.80. The average Bonchev–Trinajstić information content (AvgIpc) is 2.65. The Hall–Kier alpha value is -2.44. The largest absolute Gasteiger partial charge is 0.350 e. The zero-order valence-electron chi connectivity index (χ0n) is 14.8. The van der Waals surface area contributed by atoms with Gasteiger partial charge in [-0.1, -0.05) is 55.8 Å². The molecule has 0 radical (unpaired) electrons. The third-order valence-electron chi connectivity index (χ3n) is 4.30. The highest BCUT2D eigenvalue weighted by molar-refractivity contribution is 6.32. The lowest BCUT2D eigenvalue weighted by molar-refractivity contribution is -0.384. The summed E-state index contributed by atoms with van der Waals surface area (Å²) in [7, 11) is 0. The number of amides is 1. The van der Waals surface area contributed by atoms with Gasteiger partial charge in [-0.25, -0.2) is 0 Å². The third-order valence-corrected chi connectivity index (χ3v) is 4.62. The zero-order valence-corrected chi connectivity index (χ0v) is 15.6. The molecule has 0 heterocycles. The molecule has 7 heteroatoms. The summed E-state index contributed by atoms with van der Waals surface area (Å²) in [5.74, 6) is -0.363. The summed E-state index contributed by atoms with van der Waals surface area (Å²) in [6.07, 6.45) is 0. The molecule has 0 fully saturated rings. The van der Waals surface area contributed by atoms with E-state index < -0.39 is 4.92 Å². The summed E-state index contributed by atoms with van der Waals surface area (Å²) < 4.78 is 0. The van der Waals surface area contributed by atoms with Crippen molar-refractivity contribution in [1.29, 1.82) is 0 Å². The second-order valence-electron chi connectivity index (χ2n) is 5.78. The van der Waals surface area contributed by atoms with Gasteiger partial charge in [0, 0.05) is 18.2 Å². The highest BCUT2D eigenvalue weighted by atomic mass is 35.5. The van der Waals surface area contributed by atoms with E-state index in [2.05, 4.69) is 24.1 Å². The van der Waals surface area contributed by atoms with Crippen molar-refractivity contribution >= 4 is 23.2 Å². The molecule has 0 bridgehead atoms. The number of carbonyl (C=O) groups excluding carboxylic acids is 1. The minimum atomic E-state index is -0.595. The van der Waals surface area contributed by atoms with Crippen LogP contribution in [-0.4, -0.2) is 35.4 Å². The summed E-state index contributed by atoms with van der Waals surface area (Å²) in [6.45, 7) is 6.24. The summed E-state index contributed by atoms with van der Waals surface area (Å²) in [6, 6.07) is 14.0. The van der Waals surface area contributed by atoms with Crippen molar-refractivity contribution in [1.82, 2.24) is 10.2 Å². The topological polar surface area (TPSA) is 75.5 Å². The number of carbonyl (C=O) groups is 1. The van der Waals surface area contributed by atoms with E-state index in [9.17, 15) is 14.9 Å². The Morgan fingerprint density at radius 2 is 1.85 bits per heavy atom. The maximum absolute atomic E-state index is 12.5. The maximum Gasteiger partial charge on any atom is 0.288 e. The molecule has 138 valence electrons. The molecule has 26 heavy (non-hydrogen) atoms. The van der Waals surface area contributed by atoms with Crippen molar-refractivity contribution in [2.45, 2.75) is 19.9 Å². The van der Waals surface area contributed by atoms with Gasteiger partial charge in [-0.2, -0.15) is 0 Å². The average molecular weight is 376 g/mol. The minimum Gasteiger partial charge on any atom is -0.350 e. The van der Waals surface area contributed by atoms with Gasteiger partial charge in [0.25, 0.3) is 11.6 Å². The standard InChI is InChI=1S/C19H22ClN3O3/c1-3-22(4-2)18(14-8-6-5-7-9-14)13-21-19(24)15-10-11-16(20)17(12-15)23(25)26/h5-12,18H,3-4,13H2,1-2H3,(H,21,24)/t18-/m1/s1. The molecule has 2 aromatic rings. The quantitative estimate of drug-likeness (QED) is 0.557. The highest BCUT2D eigenvalue weighted by Crippen LogP contribution is 2.25. The van der Waals surface area contributed by atoms with E-state index in [-0.39, 0.29) is 28.2 Å². The van der Waals surface area contributed by atoms with E-state index in [0.717, 1.165) is 18.7 Å². The van der Waals surface area contributed by atoms with Gasteiger partial charge in [-0.05, 0) is 30.8 Å². The fourth-order valence-corrected chi connectivity index (χ4v) is 3.07. The monoisotopic (exact) mass is 375 g/mol. The Bertz CT molecular complexity index is 764. The molecule has 0 saturated carbocycles. The van der Waals surface area contributed by atoms with E-state index in [1.54, 1.807) is 0 Å². The Morgan fingerprint density at radius 1 is 1.19 bits per heavy atom. The molecule has 0 aromatic heterocycles. The van der Waals surface area contributed by atoms with Crippen LogP contribution in [0.25, 0.3) is 0 Å². The molecule has 6 nitrogen and oxygen atoms in total. The summed E-state index contributed by atoms with van der Waals surface area (Å²) in [5.41, 5.74) is 1.05. The molecule has 1 amide bonds. The first kappa shape index (κ1) is 19.9. The van der Waals surface area contributed by atoms with E-state index in [0.29, 0.717) is 6.54 Å². The normalized spacial score (nSPS) is 12.0. The first-order chi connectivity index (χ1) is 12.5. The van der Waals surface area contributed by atoms with Crippen LogP contribution in [-0.2, 0) is 0 Å². The molecule has 0 unspecified atom stereocenters. The fourth-order valence-electron chi connectivity index (χ4n) is 2.88. The van der Waals surface area contributed by atoms with Gasteiger partial charge < -0.3 is 5.32 Å². The van der Waals surface area contributed by atoms with Crippen molar-refractivity contribution in [2.75, 3.05) is 19.6 Å². The van der Waals surface area contributed by atoms with Crippen LogP contribution < -0.4 is 5.32 Å². The predicted octanol–water partition coefficient (Wildman–Crippen LogP) is 4.06. The molecule has 2 rings (SSSR count). The number of benzene rings is 2. The first-order valence-electron chi connectivity index (χ1n) is 8.49. The number of halogens is 1. The lowest BCUT2D eigenvalue weighted by Gasteiger charge is -2.30. The molecule has 0 spiro atoms. The lowest BCUT2D eigenvalue weighted by atomic mass is 10.0. The van der Waals surface area contributed by atoms with Crippen LogP contribution in [0.3, 0.4) is 0 Å². The van der Waals surface area contributed by atoms with E-state index in [1.165, 1.54) is 18.2 Å². The lowest BCUT2D eigenvalue weighted by Crippen LogP contribution is -2.38. The van der Waals surface area contributed by atoms with Crippen molar-refractivity contribution in [2.24, 2.45) is 0 Å². The smallest absolute Gasteiger partial charge is 0.288 e. The SMILES string of the molecule is CCN(CC)[C@H](CNC(=O)c1ccc(Cl)c([N+](=O)[O-])c1)c1ccccc1.